The van der Waals surface area contributed by atoms with Crippen LogP contribution in [0.2, 0.25) is 10.0 Å². The van der Waals surface area contributed by atoms with Crippen molar-refractivity contribution in [2.75, 3.05) is 44.2 Å². The topological polar surface area (TPSA) is 35.6 Å². The van der Waals surface area contributed by atoms with Crippen molar-refractivity contribution < 1.29 is 4.79 Å². The van der Waals surface area contributed by atoms with Gasteiger partial charge in [-0.1, -0.05) is 23.2 Å². The molecule has 0 radical (unpaired) electrons. The molecule has 6 heteroatoms. The Morgan fingerprint density at radius 3 is 2.50 bits per heavy atom. The van der Waals surface area contributed by atoms with E-state index in [1.54, 1.807) is 0 Å². The van der Waals surface area contributed by atoms with Gasteiger partial charge in [-0.3, -0.25) is 9.69 Å². The Kier molecular flexibility index (Phi) is 5.52. The maximum atomic E-state index is 11.5. The van der Waals surface area contributed by atoms with Crippen molar-refractivity contribution in [1.29, 1.82) is 0 Å². The highest BCUT2D eigenvalue weighted by Gasteiger charge is 2.19. The standard InChI is InChI=1S/C14H19Cl2N3O/c1-2-17-14(20)10-18-5-7-19(8-6-18)11-3-4-12(15)13(16)9-11/h3-4,9H,2,5-8,10H2,1H3,(H,17,20). The molecule has 0 atom stereocenters. The van der Waals surface area contributed by atoms with Gasteiger partial charge in [-0.2, -0.15) is 0 Å². The number of hydrogen-bond donors (Lipinski definition) is 1. The van der Waals surface area contributed by atoms with Crippen LogP contribution >= 0.6 is 23.2 Å². The quantitative estimate of drug-likeness (QED) is 0.925. The number of amides is 1. The second kappa shape index (κ2) is 7.16. The number of carbonyl (C=O) groups excluding carboxylic acids is 1. The van der Waals surface area contributed by atoms with Gasteiger partial charge in [0.2, 0.25) is 5.91 Å². The third kappa shape index (κ3) is 4.01. The van der Waals surface area contributed by atoms with Crippen molar-refractivity contribution in [2.24, 2.45) is 0 Å². The molecule has 2 rings (SSSR count). The smallest absolute Gasteiger partial charge is 0.234 e. The van der Waals surface area contributed by atoms with Crippen molar-refractivity contribution in [3.63, 3.8) is 0 Å². The molecule has 1 N–H and O–H groups in total. The summed E-state index contributed by atoms with van der Waals surface area (Å²) in [5.41, 5.74) is 1.08. The Labute approximate surface area is 129 Å². The van der Waals surface area contributed by atoms with E-state index in [9.17, 15) is 4.79 Å². The Balaban J connectivity index is 1.87. The fourth-order valence-electron chi connectivity index (χ4n) is 2.30. The molecule has 1 amide bonds. The molecule has 0 bridgehead atoms. The maximum Gasteiger partial charge on any atom is 0.234 e. The third-order valence-electron chi connectivity index (χ3n) is 3.38. The van der Waals surface area contributed by atoms with Crippen LogP contribution in [-0.4, -0.2) is 50.1 Å². The average molecular weight is 316 g/mol. The number of halogens is 2. The number of benzene rings is 1. The molecule has 0 saturated carbocycles. The molecular weight excluding hydrogens is 297 g/mol. The number of piperazine rings is 1. The van der Waals surface area contributed by atoms with Crippen LogP contribution in [0.25, 0.3) is 0 Å². The summed E-state index contributed by atoms with van der Waals surface area (Å²) < 4.78 is 0. The summed E-state index contributed by atoms with van der Waals surface area (Å²) in [6, 6.07) is 5.69. The van der Waals surface area contributed by atoms with Gasteiger partial charge in [0, 0.05) is 38.4 Å². The van der Waals surface area contributed by atoms with E-state index < -0.39 is 0 Å². The minimum Gasteiger partial charge on any atom is -0.369 e. The highest BCUT2D eigenvalue weighted by atomic mass is 35.5. The van der Waals surface area contributed by atoms with Crippen molar-refractivity contribution in [1.82, 2.24) is 10.2 Å². The van der Waals surface area contributed by atoms with Gasteiger partial charge in [-0.05, 0) is 25.1 Å². The molecule has 0 unspecified atom stereocenters. The average Bonchev–Trinajstić information content (AvgIpc) is 2.43. The van der Waals surface area contributed by atoms with Crippen molar-refractivity contribution in [2.45, 2.75) is 6.92 Å². The number of hydrogen-bond acceptors (Lipinski definition) is 3. The van der Waals surface area contributed by atoms with E-state index in [1.165, 1.54) is 0 Å². The van der Waals surface area contributed by atoms with E-state index in [0.717, 1.165) is 31.9 Å². The molecule has 20 heavy (non-hydrogen) atoms. The van der Waals surface area contributed by atoms with Crippen molar-refractivity contribution in [3.05, 3.63) is 28.2 Å². The number of nitrogens with zero attached hydrogens (tertiary/aromatic N) is 2. The first-order valence-corrected chi connectivity index (χ1v) is 7.55. The summed E-state index contributed by atoms with van der Waals surface area (Å²) in [7, 11) is 0. The Morgan fingerprint density at radius 1 is 1.20 bits per heavy atom. The monoisotopic (exact) mass is 315 g/mol. The predicted octanol–water partition coefficient (Wildman–Crippen LogP) is 2.25. The first-order valence-electron chi connectivity index (χ1n) is 6.79. The van der Waals surface area contributed by atoms with E-state index in [1.807, 2.05) is 25.1 Å². The van der Waals surface area contributed by atoms with E-state index in [2.05, 4.69) is 15.1 Å². The molecule has 1 heterocycles. The minimum atomic E-state index is 0.0930. The normalized spacial score (nSPS) is 16.2. The van der Waals surface area contributed by atoms with Crippen LogP contribution < -0.4 is 10.2 Å². The molecule has 0 aromatic heterocycles. The van der Waals surface area contributed by atoms with Gasteiger partial charge in [0.15, 0.2) is 0 Å². The molecule has 1 saturated heterocycles. The zero-order chi connectivity index (χ0) is 14.5. The van der Waals surface area contributed by atoms with Crippen LogP contribution in [0.3, 0.4) is 0 Å². The van der Waals surface area contributed by atoms with Crippen molar-refractivity contribution >= 4 is 34.8 Å². The van der Waals surface area contributed by atoms with Crippen LogP contribution in [-0.2, 0) is 4.79 Å². The van der Waals surface area contributed by atoms with Gasteiger partial charge in [0.05, 0.1) is 16.6 Å². The number of nitrogens with one attached hydrogen (secondary N) is 1. The summed E-state index contributed by atoms with van der Waals surface area (Å²) in [6.07, 6.45) is 0. The summed E-state index contributed by atoms with van der Waals surface area (Å²) in [4.78, 5) is 16.0. The molecule has 110 valence electrons. The van der Waals surface area contributed by atoms with Gasteiger partial charge in [0.25, 0.3) is 0 Å². The fourth-order valence-corrected chi connectivity index (χ4v) is 2.59. The molecule has 0 spiro atoms. The molecule has 1 aliphatic heterocycles. The third-order valence-corrected chi connectivity index (χ3v) is 4.12. The molecular formula is C14H19Cl2N3O. The molecule has 1 aromatic carbocycles. The predicted molar refractivity (Wildman–Crippen MR) is 83.8 cm³/mol. The fraction of sp³-hybridized carbons (Fsp3) is 0.500. The lowest BCUT2D eigenvalue weighted by Gasteiger charge is -2.35. The first-order chi connectivity index (χ1) is 9.60. The summed E-state index contributed by atoms with van der Waals surface area (Å²) in [6.45, 7) is 6.61. The molecule has 1 fully saturated rings. The lowest BCUT2D eigenvalue weighted by Crippen LogP contribution is -2.49. The van der Waals surface area contributed by atoms with E-state index in [-0.39, 0.29) is 5.91 Å². The molecule has 4 nitrogen and oxygen atoms in total. The second-order valence-corrected chi connectivity index (χ2v) is 5.63. The Morgan fingerprint density at radius 2 is 1.90 bits per heavy atom. The van der Waals surface area contributed by atoms with Crippen LogP contribution in [0.15, 0.2) is 18.2 Å². The summed E-state index contributed by atoms with van der Waals surface area (Å²) in [5.74, 6) is 0.0930. The lowest BCUT2D eigenvalue weighted by molar-refractivity contribution is -0.122. The van der Waals surface area contributed by atoms with Crippen LogP contribution in [0, 0.1) is 0 Å². The van der Waals surface area contributed by atoms with Crippen molar-refractivity contribution in [3.8, 4) is 0 Å². The zero-order valence-electron chi connectivity index (χ0n) is 11.5. The van der Waals surface area contributed by atoms with Crippen LogP contribution in [0.1, 0.15) is 6.92 Å². The number of likely N-dealkylation sites (N-methyl/N-ethyl adjacent to an activating group) is 1. The largest absolute Gasteiger partial charge is 0.369 e. The number of carbonyl (C=O) groups is 1. The number of rotatable bonds is 4. The Hall–Kier alpha value is -0.970. The first kappa shape index (κ1) is 15.4. The van der Waals surface area contributed by atoms with Crippen LogP contribution in [0.4, 0.5) is 5.69 Å². The van der Waals surface area contributed by atoms with Crippen LogP contribution in [0.5, 0.6) is 0 Å². The van der Waals surface area contributed by atoms with Gasteiger partial charge < -0.3 is 10.2 Å². The summed E-state index contributed by atoms with van der Waals surface area (Å²) >= 11 is 12.0. The summed E-state index contributed by atoms with van der Waals surface area (Å²) in [5, 5.41) is 3.98. The number of anilines is 1. The Bertz CT molecular complexity index is 473. The van der Waals surface area contributed by atoms with E-state index >= 15 is 0 Å². The molecule has 1 aromatic rings. The SMILES string of the molecule is CCNC(=O)CN1CCN(c2ccc(Cl)c(Cl)c2)CC1. The van der Waals surface area contributed by atoms with E-state index in [4.69, 9.17) is 23.2 Å². The van der Waals surface area contributed by atoms with E-state index in [0.29, 0.717) is 23.1 Å². The van der Waals surface area contributed by atoms with Gasteiger partial charge in [-0.15, -0.1) is 0 Å². The van der Waals surface area contributed by atoms with Gasteiger partial charge in [-0.25, -0.2) is 0 Å². The zero-order valence-corrected chi connectivity index (χ0v) is 13.0. The second-order valence-electron chi connectivity index (χ2n) is 4.82. The highest BCUT2D eigenvalue weighted by Crippen LogP contribution is 2.27. The van der Waals surface area contributed by atoms with Gasteiger partial charge >= 0.3 is 0 Å². The lowest BCUT2D eigenvalue weighted by atomic mass is 10.2. The minimum absolute atomic E-state index is 0.0930. The highest BCUT2D eigenvalue weighted by molar-refractivity contribution is 6.42. The van der Waals surface area contributed by atoms with Gasteiger partial charge in [0.1, 0.15) is 0 Å². The molecule has 1 aliphatic rings. The maximum absolute atomic E-state index is 11.5. The molecule has 0 aliphatic carbocycles.